The third-order valence-corrected chi connectivity index (χ3v) is 3.04. The molecule has 19 heavy (non-hydrogen) atoms. The summed E-state index contributed by atoms with van der Waals surface area (Å²) in [4.78, 5) is 12.0. The summed E-state index contributed by atoms with van der Waals surface area (Å²) in [5, 5.41) is 2.11. The molecular weight excluding hydrogens is 266 g/mol. The van der Waals surface area contributed by atoms with E-state index in [4.69, 9.17) is 21.1 Å². The molecule has 0 aromatic heterocycles. The molecule has 1 amide bonds. The van der Waals surface area contributed by atoms with Crippen molar-refractivity contribution in [2.45, 2.75) is 31.7 Å². The first-order chi connectivity index (χ1) is 8.87. The molecular formula is C14H18ClNO3. The van der Waals surface area contributed by atoms with Crippen molar-refractivity contribution >= 4 is 17.5 Å². The molecule has 0 radical (unpaired) electrons. The molecule has 0 spiro atoms. The first kappa shape index (κ1) is 14.0. The van der Waals surface area contributed by atoms with E-state index in [-0.39, 0.29) is 11.4 Å². The molecule has 0 bridgehead atoms. The van der Waals surface area contributed by atoms with Crippen LogP contribution in [0.1, 0.15) is 31.7 Å². The fraction of sp³-hybridized carbons (Fsp3) is 0.500. The fourth-order valence-corrected chi connectivity index (χ4v) is 1.99. The third-order valence-electron chi connectivity index (χ3n) is 2.59. The molecule has 0 saturated heterocycles. The number of ether oxygens (including phenoxy) is 2. The van der Waals surface area contributed by atoms with Gasteiger partial charge < -0.3 is 14.8 Å². The maximum atomic E-state index is 12.0. The van der Waals surface area contributed by atoms with E-state index in [2.05, 4.69) is 5.32 Å². The number of carbonyl (C=O) groups is 1. The summed E-state index contributed by atoms with van der Waals surface area (Å²) >= 11 is 6.20. The van der Waals surface area contributed by atoms with E-state index in [1.165, 1.54) is 0 Å². The standard InChI is InChI=1S/C14H18ClNO3/c1-14(2,3)16-13(17)12(15)9-4-5-10-11(8-9)19-7-6-18-10/h4-5,8,12H,6-7H2,1-3H3,(H,16,17). The summed E-state index contributed by atoms with van der Waals surface area (Å²) < 4.78 is 10.9. The van der Waals surface area contributed by atoms with Crippen molar-refractivity contribution in [3.05, 3.63) is 23.8 Å². The molecule has 1 aliphatic rings. The quantitative estimate of drug-likeness (QED) is 0.849. The number of alkyl halides is 1. The molecule has 1 N–H and O–H groups in total. The van der Waals surface area contributed by atoms with Crippen molar-refractivity contribution in [2.24, 2.45) is 0 Å². The van der Waals surface area contributed by atoms with Gasteiger partial charge in [-0.15, -0.1) is 11.6 Å². The van der Waals surface area contributed by atoms with Crippen molar-refractivity contribution in [1.29, 1.82) is 0 Å². The number of carbonyl (C=O) groups excluding carboxylic acids is 1. The van der Waals surface area contributed by atoms with E-state index in [9.17, 15) is 4.79 Å². The van der Waals surface area contributed by atoms with Crippen molar-refractivity contribution in [2.75, 3.05) is 13.2 Å². The number of benzene rings is 1. The van der Waals surface area contributed by atoms with Gasteiger partial charge in [-0.25, -0.2) is 0 Å². The van der Waals surface area contributed by atoms with Crippen LogP contribution in [0.25, 0.3) is 0 Å². The highest BCUT2D eigenvalue weighted by Gasteiger charge is 2.24. The van der Waals surface area contributed by atoms with Gasteiger partial charge in [0.1, 0.15) is 18.6 Å². The van der Waals surface area contributed by atoms with Crippen LogP contribution in [-0.2, 0) is 4.79 Å². The Labute approximate surface area is 118 Å². The lowest BCUT2D eigenvalue weighted by Crippen LogP contribution is -2.42. The van der Waals surface area contributed by atoms with Crippen LogP contribution in [0, 0.1) is 0 Å². The van der Waals surface area contributed by atoms with Gasteiger partial charge >= 0.3 is 0 Å². The summed E-state index contributed by atoms with van der Waals surface area (Å²) in [5.74, 6) is 1.11. The SMILES string of the molecule is CC(C)(C)NC(=O)C(Cl)c1ccc2c(c1)OCCO2. The van der Waals surface area contributed by atoms with Crippen molar-refractivity contribution in [3.8, 4) is 11.5 Å². The number of halogens is 1. The predicted molar refractivity (Wildman–Crippen MR) is 73.9 cm³/mol. The Hall–Kier alpha value is -1.42. The number of rotatable bonds is 2. The zero-order valence-electron chi connectivity index (χ0n) is 11.3. The first-order valence-electron chi connectivity index (χ1n) is 6.22. The Morgan fingerprint density at radius 1 is 1.26 bits per heavy atom. The molecule has 1 unspecified atom stereocenters. The lowest BCUT2D eigenvalue weighted by molar-refractivity contribution is -0.122. The molecule has 1 aromatic carbocycles. The van der Waals surface area contributed by atoms with E-state index in [0.717, 1.165) is 0 Å². The van der Waals surface area contributed by atoms with Gasteiger partial charge in [0.05, 0.1) is 0 Å². The zero-order chi connectivity index (χ0) is 14.0. The average Bonchev–Trinajstić information content (AvgIpc) is 2.35. The first-order valence-corrected chi connectivity index (χ1v) is 6.66. The van der Waals surface area contributed by atoms with Gasteiger partial charge in [-0.3, -0.25) is 4.79 Å². The largest absolute Gasteiger partial charge is 0.486 e. The molecule has 1 aliphatic heterocycles. The van der Waals surface area contributed by atoms with E-state index >= 15 is 0 Å². The third kappa shape index (κ3) is 3.53. The molecule has 0 saturated carbocycles. The van der Waals surface area contributed by atoms with Gasteiger partial charge in [0.15, 0.2) is 11.5 Å². The van der Waals surface area contributed by atoms with Crippen LogP contribution in [0.2, 0.25) is 0 Å². The Bertz CT molecular complexity index is 482. The number of hydrogen-bond acceptors (Lipinski definition) is 3. The van der Waals surface area contributed by atoms with Crippen molar-refractivity contribution < 1.29 is 14.3 Å². The van der Waals surface area contributed by atoms with Crippen LogP contribution >= 0.6 is 11.6 Å². The molecule has 2 rings (SSSR count). The van der Waals surface area contributed by atoms with Gasteiger partial charge in [0.25, 0.3) is 0 Å². The van der Waals surface area contributed by atoms with Crippen LogP contribution in [0.15, 0.2) is 18.2 Å². The van der Waals surface area contributed by atoms with Crippen LogP contribution < -0.4 is 14.8 Å². The zero-order valence-corrected chi connectivity index (χ0v) is 12.1. The highest BCUT2D eigenvalue weighted by Crippen LogP contribution is 2.34. The fourth-order valence-electron chi connectivity index (χ4n) is 1.80. The summed E-state index contributed by atoms with van der Waals surface area (Å²) in [5.41, 5.74) is 0.394. The number of amides is 1. The second kappa shape index (κ2) is 5.29. The summed E-state index contributed by atoms with van der Waals surface area (Å²) in [7, 11) is 0. The summed E-state index contributed by atoms with van der Waals surface area (Å²) in [6, 6.07) is 5.32. The Morgan fingerprint density at radius 3 is 2.53 bits per heavy atom. The van der Waals surface area contributed by atoms with E-state index < -0.39 is 5.38 Å². The summed E-state index contributed by atoms with van der Waals surface area (Å²) in [6.07, 6.45) is 0. The highest BCUT2D eigenvalue weighted by atomic mass is 35.5. The van der Waals surface area contributed by atoms with Gasteiger partial charge in [0.2, 0.25) is 5.91 Å². The topological polar surface area (TPSA) is 47.6 Å². The predicted octanol–water partition coefficient (Wildman–Crippen LogP) is 2.65. The minimum Gasteiger partial charge on any atom is -0.486 e. The van der Waals surface area contributed by atoms with E-state index in [1.54, 1.807) is 18.2 Å². The Morgan fingerprint density at radius 2 is 1.89 bits per heavy atom. The lowest BCUT2D eigenvalue weighted by atomic mass is 10.1. The van der Waals surface area contributed by atoms with E-state index in [0.29, 0.717) is 30.3 Å². The molecule has 1 aromatic rings. The van der Waals surface area contributed by atoms with Gasteiger partial charge in [-0.2, -0.15) is 0 Å². The molecule has 0 fully saturated rings. The maximum Gasteiger partial charge on any atom is 0.243 e. The molecule has 104 valence electrons. The smallest absolute Gasteiger partial charge is 0.243 e. The number of hydrogen-bond donors (Lipinski definition) is 1. The minimum atomic E-state index is -0.741. The highest BCUT2D eigenvalue weighted by molar-refractivity contribution is 6.30. The number of nitrogens with one attached hydrogen (secondary N) is 1. The lowest BCUT2D eigenvalue weighted by Gasteiger charge is -2.23. The average molecular weight is 284 g/mol. The molecule has 1 heterocycles. The van der Waals surface area contributed by atoms with Crippen LogP contribution in [-0.4, -0.2) is 24.7 Å². The van der Waals surface area contributed by atoms with E-state index in [1.807, 2.05) is 20.8 Å². The molecule has 4 nitrogen and oxygen atoms in total. The number of fused-ring (bicyclic) bond motifs is 1. The van der Waals surface area contributed by atoms with Crippen LogP contribution in [0.5, 0.6) is 11.5 Å². The normalized spacial score (nSPS) is 15.8. The van der Waals surface area contributed by atoms with Gasteiger partial charge in [-0.05, 0) is 38.5 Å². The molecule has 0 aliphatic carbocycles. The monoisotopic (exact) mass is 283 g/mol. The van der Waals surface area contributed by atoms with Crippen LogP contribution in [0.3, 0.4) is 0 Å². The van der Waals surface area contributed by atoms with Crippen molar-refractivity contribution in [3.63, 3.8) is 0 Å². The second-order valence-electron chi connectivity index (χ2n) is 5.50. The second-order valence-corrected chi connectivity index (χ2v) is 5.94. The minimum absolute atomic E-state index is 0.217. The molecule has 1 atom stereocenters. The maximum absolute atomic E-state index is 12.0. The van der Waals surface area contributed by atoms with Crippen molar-refractivity contribution in [1.82, 2.24) is 5.32 Å². The van der Waals surface area contributed by atoms with Gasteiger partial charge in [-0.1, -0.05) is 6.07 Å². The Balaban J connectivity index is 2.15. The molecule has 5 heteroatoms. The Kier molecular flexibility index (Phi) is 3.90. The van der Waals surface area contributed by atoms with Crippen LogP contribution in [0.4, 0.5) is 0 Å². The summed E-state index contributed by atoms with van der Waals surface area (Å²) in [6.45, 7) is 6.80. The van der Waals surface area contributed by atoms with Gasteiger partial charge in [0, 0.05) is 5.54 Å².